The van der Waals surface area contributed by atoms with Gasteiger partial charge in [0.1, 0.15) is 12.2 Å². The van der Waals surface area contributed by atoms with Gasteiger partial charge in [-0.3, -0.25) is 0 Å². The lowest BCUT2D eigenvalue weighted by molar-refractivity contribution is 0.344. The Kier molecular flexibility index (Phi) is 4.05. The molecule has 2 atom stereocenters. The van der Waals surface area contributed by atoms with Crippen LogP contribution in [0.4, 0.5) is 0 Å². The lowest BCUT2D eigenvalue weighted by Gasteiger charge is -2.28. The summed E-state index contributed by atoms with van der Waals surface area (Å²) < 4.78 is 2.00. The highest BCUT2D eigenvalue weighted by Crippen LogP contribution is 2.30. The highest BCUT2D eigenvalue weighted by molar-refractivity contribution is 4.99. The van der Waals surface area contributed by atoms with E-state index in [1.165, 1.54) is 19.3 Å². The van der Waals surface area contributed by atoms with Gasteiger partial charge in [-0.2, -0.15) is 5.10 Å². The molecule has 2 rings (SSSR count). The van der Waals surface area contributed by atoms with E-state index in [2.05, 4.69) is 30.9 Å². The van der Waals surface area contributed by atoms with Crippen LogP contribution in [0.15, 0.2) is 6.33 Å². The van der Waals surface area contributed by atoms with Crippen molar-refractivity contribution in [2.45, 2.75) is 70.9 Å². The van der Waals surface area contributed by atoms with Gasteiger partial charge in [0.25, 0.3) is 0 Å². The monoisotopic (exact) mass is 250 g/mol. The van der Waals surface area contributed by atoms with E-state index in [9.17, 15) is 0 Å². The average Bonchev–Trinajstić information content (AvgIpc) is 2.67. The van der Waals surface area contributed by atoms with Gasteiger partial charge in [-0.1, -0.05) is 19.8 Å². The highest BCUT2D eigenvalue weighted by atomic mass is 15.3. The van der Waals surface area contributed by atoms with E-state index in [0.717, 1.165) is 31.0 Å². The molecule has 0 saturated heterocycles. The van der Waals surface area contributed by atoms with Crippen molar-refractivity contribution in [3.8, 4) is 0 Å². The van der Waals surface area contributed by atoms with E-state index < -0.39 is 0 Å². The molecule has 1 fully saturated rings. The Balaban J connectivity index is 2.09. The quantitative estimate of drug-likeness (QED) is 0.839. The summed E-state index contributed by atoms with van der Waals surface area (Å²) in [5, 5.41) is 4.30. The summed E-state index contributed by atoms with van der Waals surface area (Å²) in [6.07, 6.45) is 8.53. The summed E-state index contributed by atoms with van der Waals surface area (Å²) in [6.45, 7) is 6.61. The van der Waals surface area contributed by atoms with E-state index in [1.807, 2.05) is 4.68 Å². The number of hydrogen-bond acceptors (Lipinski definition) is 3. The van der Waals surface area contributed by atoms with Gasteiger partial charge in [0.05, 0.1) is 0 Å². The first-order valence-corrected chi connectivity index (χ1v) is 7.17. The number of aromatic nitrogens is 3. The first kappa shape index (κ1) is 13.5. The predicted molar refractivity (Wildman–Crippen MR) is 73.3 cm³/mol. The molecule has 1 saturated carbocycles. The lowest BCUT2D eigenvalue weighted by Crippen LogP contribution is -2.42. The van der Waals surface area contributed by atoms with Crippen molar-refractivity contribution in [2.75, 3.05) is 0 Å². The predicted octanol–water partition coefficient (Wildman–Crippen LogP) is 2.70. The van der Waals surface area contributed by atoms with E-state index in [1.54, 1.807) is 6.33 Å². The fourth-order valence-electron chi connectivity index (χ4n) is 2.93. The van der Waals surface area contributed by atoms with Crippen LogP contribution >= 0.6 is 0 Å². The molecule has 0 aliphatic heterocycles. The maximum absolute atomic E-state index is 6.60. The molecular weight excluding hydrogens is 224 g/mol. The summed E-state index contributed by atoms with van der Waals surface area (Å²) in [5.74, 6) is 1.86. The number of nitrogens with zero attached hydrogens (tertiary/aromatic N) is 3. The second-order valence-electron chi connectivity index (χ2n) is 6.29. The largest absolute Gasteiger partial charge is 0.325 e. The maximum Gasteiger partial charge on any atom is 0.138 e. The van der Waals surface area contributed by atoms with Gasteiger partial charge in [-0.05, 0) is 39.0 Å². The van der Waals surface area contributed by atoms with Crippen molar-refractivity contribution in [3.05, 3.63) is 12.2 Å². The molecule has 0 spiro atoms. The third-order valence-electron chi connectivity index (χ3n) is 4.15. The maximum atomic E-state index is 6.60. The molecule has 0 aromatic carbocycles. The molecule has 0 radical (unpaired) electrons. The van der Waals surface area contributed by atoms with E-state index in [-0.39, 0.29) is 5.54 Å². The van der Waals surface area contributed by atoms with Crippen molar-refractivity contribution in [2.24, 2.45) is 11.7 Å². The van der Waals surface area contributed by atoms with Gasteiger partial charge < -0.3 is 5.73 Å². The molecule has 4 heteroatoms. The minimum Gasteiger partial charge on any atom is -0.325 e. The minimum atomic E-state index is -0.0789. The molecule has 2 unspecified atom stereocenters. The third kappa shape index (κ3) is 3.10. The summed E-state index contributed by atoms with van der Waals surface area (Å²) in [4.78, 5) is 4.40. The SMILES string of the molecule is CC1CCCC(N)(Cc2ncnn2C(C)C)CC1. The summed E-state index contributed by atoms with van der Waals surface area (Å²) in [7, 11) is 0. The van der Waals surface area contributed by atoms with Crippen molar-refractivity contribution >= 4 is 0 Å². The average molecular weight is 250 g/mol. The van der Waals surface area contributed by atoms with Crippen molar-refractivity contribution in [3.63, 3.8) is 0 Å². The Hall–Kier alpha value is -0.900. The van der Waals surface area contributed by atoms with Crippen LogP contribution in [0.2, 0.25) is 0 Å². The van der Waals surface area contributed by atoms with Crippen molar-refractivity contribution < 1.29 is 0 Å². The zero-order chi connectivity index (χ0) is 13.2. The van der Waals surface area contributed by atoms with Gasteiger partial charge in [0.15, 0.2) is 0 Å². The second kappa shape index (κ2) is 5.39. The Morgan fingerprint density at radius 2 is 2.22 bits per heavy atom. The zero-order valence-corrected chi connectivity index (χ0v) is 11.9. The summed E-state index contributed by atoms with van der Waals surface area (Å²) in [5.41, 5.74) is 6.52. The molecule has 1 aliphatic rings. The van der Waals surface area contributed by atoms with Gasteiger partial charge in [0.2, 0.25) is 0 Å². The van der Waals surface area contributed by atoms with Gasteiger partial charge in [0, 0.05) is 18.0 Å². The van der Waals surface area contributed by atoms with Crippen LogP contribution < -0.4 is 5.73 Å². The van der Waals surface area contributed by atoms with Gasteiger partial charge in [-0.15, -0.1) is 0 Å². The van der Waals surface area contributed by atoms with Crippen LogP contribution in [0.25, 0.3) is 0 Å². The fourth-order valence-corrected chi connectivity index (χ4v) is 2.93. The molecule has 1 aliphatic carbocycles. The smallest absolute Gasteiger partial charge is 0.138 e. The molecule has 4 nitrogen and oxygen atoms in total. The molecular formula is C14H26N4. The molecule has 18 heavy (non-hydrogen) atoms. The van der Waals surface area contributed by atoms with Crippen LogP contribution in [0, 0.1) is 5.92 Å². The van der Waals surface area contributed by atoms with Gasteiger partial charge >= 0.3 is 0 Å². The number of nitrogens with two attached hydrogens (primary N) is 1. The van der Waals surface area contributed by atoms with Crippen LogP contribution in [0.5, 0.6) is 0 Å². The number of hydrogen-bond donors (Lipinski definition) is 1. The second-order valence-corrected chi connectivity index (χ2v) is 6.29. The Morgan fingerprint density at radius 3 is 2.94 bits per heavy atom. The Morgan fingerprint density at radius 1 is 1.44 bits per heavy atom. The molecule has 1 aromatic heterocycles. The molecule has 102 valence electrons. The van der Waals surface area contributed by atoms with E-state index in [4.69, 9.17) is 5.73 Å². The zero-order valence-electron chi connectivity index (χ0n) is 11.9. The van der Waals surface area contributed by atoms with Crippen LogP contribution in [0.1, 0.15) is 64.7 Å². The number of rotatable bonds is 3. The van der Waals surface area contributed by atoms with E-state index >= 15 is 0 Å². The summed E-state index contributed by atoms with van der Waals surface area (Å²) in [6, 6.07) is 0.357. The van der Waals surface area contributed by atoms with Crippen LogP contribution in [-0.4, -0.2) is 20.3 Å². The van der Waals surface area contributed by atoms with Crippen molar-refractivity contribution in [1.82, 2.24) is 14.8 Å². The van der Waals surface area contributed by atoms with Crippen LogP contribution in [-0.2, 0) is 6.42 Å². The topological polar surface area (TPSA) is 56.7 Å². The molecule has 0 amide bonds. The summed E-state index contributed by atoms with van der Waals surface area (Å²) >= 11 is 0. The fraction of sp³-hybridized carbons (Fsp3) is 0.857. The molecule has 1 aromatic rings. The Labute approximate surface area is 110 Å². The van der Waals surface area contributed by atoms with E-state index in [0.29, 0.717) is 6.04 Å². The standard InChI is InChI=1S/C14H26N4/c1-11(2)18-13(16-10-17-18)9-14(15)7-4-5-12(3)6-8-14/h10-12H,4-9,15H2,1-3H3. The van der Waals surface area contributed by atoms with Crippen LogP contribution in [0.3, 0.4) is 0 Å². The third-order valence-corrected chi connectivity index (χ3v) is 4.15. The highest BCUT2D eigenvalue weighted by Gasteiger charge is 2.30. The molecule has 0 bridgehead atoms. The lowest BCUT2D eigenvalue weighted by atomic mass is 9.87. The molecule has 1 heterocycles. The van der Waals surface area contributed by atoms with Gasteiger partial charge in [-0.25, -0.2) is 9.67 Å². The molecule has 2 N–H and O–H groups in total. The first-order chi connectivity index (χ1) is 8.50. The minimum absolute atomic E-state index is 0.0789. The normalized spacial score (nSPS) is 29.5. The van der Waals surface area contributed by atoms with Crippen molar-refractivity contribution in [1.29, 1.82) is 0 Å². The first-order valence-electron chi connectivity index (χ1n) is 7.17. The Bertz CT molecular complexity index is 385.